The Labute approximate surface area is 156 Å². The SMILES string of the molecule is Cc1ccc(CC(=O)N2CCCCC2)cc1C.Cc1ccncc1CO. The Balaban J connectivity index is 0.000000228. The van der Waals surface area contributed by atoms with Crippen LogP contribution < -0.4 is 0 Å². The number of piperidine rings is 1. The minimum Gasteiger partial charge on any atom is -0.392 e. The highest BCUT2D eigenvalue weighted by Crippen LogP contribution is 2.14. The van der Waals surface area contributed by atoms with Gasteiger partial charge in [-0.2, -0.15) is 0 Å². The van der Waals surface area contributed by atoms with Crippen LogP contribution in [0.5, 0.6) is 0 Å². The van der Waals surface area contributed by atoms with Crippen LogP contribution in [0.3, 0.4) is 0 Å². The van der Waals surface area contributed by atoms with Gasteiger partial charge in [0.1, 0.15) is 0 Å². The maximum absolute atomic E-state index is 12.1. The first kappa shape index (κ1) is 20.1. The van der Waals surface area contributed by atoms with E-state index in [1.54, 1.807) is 12.4 Å². The highest BCUT2D eigenvalue weighted by atomic mass is 16.3. The zero-order valence-electron chi connectivity index (χ0n) is 16.2. The molecule has 0 saturated carbocycles. The molecule has 0 unspecified atom stereocenters. The Morgan fingerprint density at radius 3 is 2.35 bits per heavy atom. The average Bonchev–Trinajstić information content (AvgIpc) is 2.66. The molecule has 1 amide bonds. The molecule has 2 heterocycles. The lowest BCUT2D eigenvalue weighted by Gasteiger charge is -2.26. The molecule has 26 heavy (non-hydrogen) atoms. The lowest BCUT2D eigenvalue weighted by molar-refractivity contribution is -0.131. The minimum atomic E-state index is 0.0830. The first-order chi connectivity index (χ1) is 12.5. The molecule has 1 N–H and O–H groups in total. The summed E-state index contributed by atoms with van der Waals surface area (Å²) in [6.07, 6.45) is 7.55. The molecule has 1 aliphatic heterocycles. The van der Waals surface area contributed by atoms with Crippen molar-refractivity contribution in [2.75, 3.05) is 13.1 Å². The van der Waals surface area contributed by atoms with E-state index < -0.39 is 0 Å². The number of aliphatic hydroxyl groups is 1. The molecular weight excluding hydrogens is 324 g/mol. The molecule has 1 aliphatic rings. The van der Waals surface area contributed by atoms with Gasteiger partial charge in [0.05, 0.1) is 13.0 Å². The zero-order valence-corrected chi connectivity index (χ0v) is 16.2. The van der Waals surface area contributed by atoms with Gasteiger partial charge in [-0.3, -0.25) is 9.78 Å². The number of nitrogens with zero attached hydrogens (tertiary/aromatic N) is 2. The van der Waals surface area contributed by atoms with E-state index >= 15 is 0 Å². The highest BCUT2D eigenvalue weighted by molar-refractivity contribution is 5.78. The quantitative estimate of drug-likeness (QED) is 0.913. The van der Waals surface area contributed by atoms with E-state index in [1.165, 1.54) is 30.4 Å². The summed E-state index contributed by atoms with van der Waals surface area (Å²) in [4.78, 5) is 18.0. The van der Waals surface area contributed by atoms with Crippen molar-refractivity contribution in [3.8, 4) is 0 Å². The lowest BCUT2D eigenvalue weighted by atomic mass is 10.0. The second-order valence-electron chi connectivity index (χ2n) is 7.00. The third-order valence-corrected chi connectivity index (χ3v) is 4.95. The summed E-state index contributed by atoms with van der Waals surface area (Å²) in [6.45, 7) is 8.13. The Hall–Kier alpha value is -2.20. The fourth-order valence-corrected chi connectivity index (χ4v) is 3.01. The summed E-state index contributed by atoms with van der Waals surface area (Å²) in [5.41, 5.74) is 5.70. The molecular formula is C22H30N2O2. The molecule has 0 bridgehead atoms. The van der Waals surface area contributed by atoms with Crippen LogP contribution in [0.4, 0.5) is 0 Å². The van der Waals surface area contributed by atoms with Gasteiger partial charge in [-0.1, -0.05) is 18.2 Å². The molecule has 140 valence electrons. The lowest BCUT2D eigenvalue weighted by Crippen LogP contribution is -2.36. The molecule has 2 aromatic rings. The van der Waals surface area contributed by atoms with Crippen molar-refractivity contribution in [1.82, 2.24) is 9.88 Å². The summed E-state index contributed by atoms with van der Waals surface area (Å²) in [5.74, 6) is 0.285. The molecule has 0 aliphatic carbocycles. The van der Waals surface area contributed by atoms with Gasteiger partial charge in [-0.25, -0.2) is 0 Å². The summed E-state index contributed by atoms with van der Waals surface area (Å²) < 4.78 is 0. The van der Waals surface area contributed by atoms with Crippen molar-refractivity contribution < 1.29 is 9.90 Å². The Kier molecular flexibility index (Phi) is 7.79. The van der Waals surface area contributed by atoms with E-state index in [2.05, 4.69) is 37.0 Å². The molecule has 0 radical (unpaired) electrons. The number of rotatable bonds is 3. The largest absolute Gasteiger partial charge is 0.392 e. The van der Waals surface area contributed by atoms with Crippen molar-refractivity contribution >= 4 is 5.91 Å². The zero-order chi connectivity index (χ0) is 18.9. The van der Waals surface area contributed by atoms with Crippen LogP contribution >= 0.6 is 0 Å². The number of amides is 1. The topological polar surface area (TPSA) is 53.4 Å². The van der Waals surface area contributed by atoms with Crippen LogP contribution in [0, 0.1) is 20.8 Å². The summed E-state index contributed by atoms with van der Waals surface area (Å²) >= 11 is 0. The van der Waals surface area contributed by atoms with E-state index in [9.17, 15) is 4.79 Å². The highest BCUT2D eigenvalue weighted by Gasteiger charge is 2.16. The van der Waals surface area contributed by atoms with Gasteiger partial charge < -0.3 is 10.0 Å². The molecule has 1 aromatic carbocycles. The standard InChI is InChI=1S/C15H21NO.C7H9NO/c1-12-6-7-14(10-13(12)2)11-15(17)16-8-4-3-5-9-16;1-6-2-3-8-4-7(6)5-9/h6-7,10H,3-5,8-9,11H2,1-2H3;2-4,9H,5H2,1H3. The van der Waals surface area contributed by atoms with Crippen molar-refractivity contribution in [3.05, 3.63) is 64.5 Å². The van der Waals surface area contributed by atoms with Crippen LogP contribution in [0.15, 0.2) is 36.7 Å². The van der Waals surface area contributed by atoms with Crippen LogP contribution in [0.25, 0.3) is 0 Å². The molecule has 0 spiro atoms. The Morgan fingerprint density at radius 2 is 1.77 bits per heavy atom. The average molecular weight is 354 g/mol. The number of aryl methyl sites for hydroxylation is 3. The van der Waals surface area contributed by atoms with Gasteiger partial charge in [0.15, 0.2) is 0 Å². The third-order valence-electron chi connectivity index (χ3n) is 4.95. The van der Waals surface area contributed by atoms with Crippen molar-refractivity contribution in [3.63, 3.8) is 0 Å². The van der Waals surface area contributed by atoms with Crippen LogP contribution in [-0.2, 0) is 17.8 Å². The van der Waals surface area contributed by atoms with E-state index in [0.717, 1.165) is 29.8 Å². The molecule has 1 aromatic heterocycles. The fraction of sp³-hybridized carbons (Fsp3) is 0.455. The van der Waals surface area contributed by atoms with E-state index in [4.69, 9.17) is 5.11 Å². The second kappa shape index (κ2) is 10.1. The number of aromatic nitrogens is 1. The number of hydrogen-bond acceptors (Lipinski definition) is 3. The van der Waals surface area contributed by atoms with Crippen LogP contribution in [0.2, 0.25) is 0 Å². The van der Waals surface area contributed by atoms with Gasteiger partial charge in [0.25, 0.3) is 0 Å². The van der Waals surface area contributed by atoms with Crippen LogP contribution in [-0.4, -0.2) is 34.0 Å². The molecule has 0 atom stereocenters. The van der Waals surface area contributed by atoms with Crippen LogP contribution in [0.1, 0.15) is 47.1 Å². The van der Waals surface area contributed by atoms with Gasteiger partial charge in [-0.15, -0.1) is 0 Å². The van der Waals surface area contributed by atoms with Gasteiger partial charge >= 0.3 is 0 Å². The molecule has 1 saturated heterocycles. The Bertz CT molecular complexity index is 722. The maximum Gasteiger partial charge on any atom is 0.226 e. The normalized spacial score (nSPS) is 13.8. The molecule has 4 heteroatoms. The van der Waals surface area contributed by atoms with Gasteiger partial charge in [0.2, 0.25) is 5.91 Å². The number of benzene rings is 1. The van der Waals surface area contributed by atoms with Crippen molar-refractivity contribution in [1.29, 1.82) is 0 Å². The number of carbonyl (C=O) groups excluding carboxylic acids is 1. The molecule has 1 fully saturated rings. The summed E-state index contributed by atoms with van der Waals surface area (Å²) in [5, 5.41) is 8.68. The minimum absolute atomic E-state index is 0.0830. The van der Waals surface area contributed by atoms with Gasteiger partial charge in [-0.05, 0) is 73.9 Å². The van der Waals surface area contributed by atoms with E-state index in [-0.39, 0.29) is 12.5 Å². The third kappa shape index (κ3) is 5.95. The van der Waals surface area contributed by atoms with E-state index in [0.29, 0.717) is 6.42 Å². The number of likely N-dealkylation sites (tertiary alicyclic amines) is 1. The maximum atomic E-state index is 12.1. The number of hydrogen-bond donors (Lipinski definition) is 1. The predicted octanol–water partition coefficient (Wildman–Crippen LogP) is 3.74. The first-order valence-electron chi connectivity index (χ1n) is 9.35. The molecule has 4 nitrogen and oxygen atoms in total. The second-order valence-corrected chi connectivity index (χ2v) is 7.00. The smallest absolute Gasteiger partial charge is 0.226 e. The van der Waals surface area contributed by atoms with Crippen molar-refractivity contribution in [2.24, 2.45) is 0 Å². The number of carbonyl (C=O) groups is 1. The van der Waals surface area contributed by atoms with Gasteiger partial charge in [0, 0.05) is 25.5 Å². The van der Waals surface area contributed by atoms with E-state index in [1.807, 2.05) is 17.9 Å². The first-order valence-corrected chi connectivity index (χ1v) is 9.35. The fourth-order valence-electron chi connectivity index (χ4n) is 3.01. The number of aliphatic hydroxyl groups excluding tert-OH is 1. The monoisotopic (exact) mass is 354 g/mol. The predicted molar refractivity (Wildman–Crippen MR) is 105 cm³/mol. The summed E-state index contributed by atoms with van der Waals surface area (Å²) in [6, 6.07) is 8.20. The summed E-state index contributed by atoms with van der Waals surface area (Å²) in [7, 11) is 0. The number of pyridine rings is 1. The van der Waals surface area contributed by atoms with Crippen molar-refractivity contribution in [2.45, 2.75) is 53.1 Å². The molecule has 3 rings (SSSR count). The Morgan fingerprint density at radius 1 is 1.04 bits per heavy atom.